The minimum Gasteiger partial charge on any atom is -0.480 e. The summed E-state index contributed by atoms with van der Waals surface area (Å²) in [5.41, 5.74) is 0. The lowest BCUT2D eigenvalue weighted by molar-refractivity contribution is -0.139. The fourth-order valence-electron chi connectivity index (χ4n) is 3.04. The second kappa shape index (κ2) is 8.25. The van der Waals surface area contributed by atoms with Gasteiger partial charge in [-0.1, -0.05) is 6.92 Å². The number of aliphatic carboxylic acids is 1. The molecule has 0 aromatic rings. The predicted molar refractivity (Wildman–Crippen MR) is 88.3 cm³/mol. The number of carbonyl (C=O) groups is 1. The zero-order valence-electron chi connectivity index (χ0n) is 14.0. The van der Waals surface area contributed by atoms with Crippen molar-refractivity contribution in [2.75, 3.05) is 26.2 Å². The molecular formula is C15H26N4O4S. The molecule has 0 heterocycles. The molecule has 0 aromatic carbocycles. The Morgan fingerprint density at radius 3 is 2.54 bits per heavy atom. The number of carboxylic acids is 1. The first-order valence-corrected chi connectivity index (χ1v) is 9.90. The van der Waals surface area contributed by atoms with E-state index in [2.05, 4.69) is 4.72 Å². The number of rotatable bonds is 11. The second-order valence-corrected chi connectivity index (χ2v) is 8.31. The lowest BCUT2D eigenvalue weighted by Crippen LogP contribution is -2.57. The Morgan fingerprint density at radius 2 is 2.04 bits per heavy atom. The van der Waals surface area contributed by atoms with Crippen molar-refractivity contribution in [1.82, 2.24) is 13.9 Å². The monoisotopic (exact) mass is 358 g/mol. The van der Waals surface area contributed by atoms with Crippen molar-refractivity contribution in [2.45, 2.75) is 51.1 Å². The van der Waals surface area contributed by atoms with Gasteiger partial charge in [0.1, 0.15) is 0 Å². The third-order valence-corrected chi connectivity index (χ3v) is 6.39. The fraction of sp³-hybridized carbons (Fsp3) is 0.867. The molecule has 0 unspecified atom stereocenters. The van der Waals surface area contributed by atoms with Crippen molar-refractivity contribution in [1.29, 1.82) is 5.26 Å². The van der Waals surface area contributed by atoms with Gasteiger partial charge in [-0.3, -0.25) is 9.69 Å². The highest BCUT2D eigenvalue weighted by atomic mass is 32.2. The molecule has 2 aliphatic carbocycles. The van der Waals surface area contributed by atoms with Crippen molar-refractivity contribution < 1.29 is 18.3 Å². The number of nitrogens with zero attached hydrogens (tertiary/aromatic N) is 3. The predicted octanol–water partition coefficient (Wildman–Crippen LogP) is 0.384. The topological polar surface area (TPSA) is 114 Å². The van der Waals surface area contributed by atoms with E-state index in [0.29, 0.717) is 25.3 Å². The van der Waals surface area contributed by atoms with Crippen LogP contribution in [0.5, 0.6) is 0 Å². The molecule has 0 saturated heterocycles. The van der Waals surface area contributed by atoms with Gasteiger partial charge in [0.2, 0.25) is 0 Å². The summed E-state index contributed by atoms with van der Waals surface area (Å²) in [6, 6.07) is 1.92. The Morgan fingerprint density at radius 1 is 1.38 bits per heavy atom. The molecule has 2 saturated carbocycles. The van der Waals surface area contributed by atoms with Gasteiger partial charge in [0.25, 0.3) is 10.2 Å². The van der Waals surface area contributed by atoms with Gasteiger partial charge in [-0.25, -0.2) is 0 Å². The van der Waals surface area contributed by atoms with Crippen molar-refractivity contribution in [3.05, 3.63) is 0 Å². The molecular weight excluding hydrogens is 332 g/mol. The van der Waals surface area contributed by atoms with E-state index in [0.717, 1.165) is 19.4 Å². The van der Waals surface area contributed by atoms with Gasteiger partial charge in [-0.05, 0) is 31.6 Å². The first-order chi connectivity index (χ1) is 11.4. The molecule has 2 aliphatic rings. The quantitative estimate of drug-likeness (QED) is 0.552. The van der Waals surface area contributed by atoms with E-state index in [4.69, 9.17) is 10.4 Å². The third-order valence-electron chi connectivity index (χ3n) is 4.64. The van der Waals surface area contributed by atoms with Gasteiger partial charge in [-0.2, -0.15) is 22.7 Å². The zero-order chi connectivity index (χ0) is 17.7. The minimum atomic E-state index is -3.59. The normalized spacial score (nSPS) is 23.9. The van der Waals surface area contributed by atoms with Crippen LogP contribution in [0.4, 0.5) is 0 Å². The number of hydrogen-bond acceptors (Lipinski definition) is 5. The fourth-order valence-corrected chi connectivity index (χ4v) is 4.47. The van der Waals surface area contributed by atoms with Crippen molar-refractivity contribution in [3.63, 3.8) is 0 Å². The summed E-state index contributed by atoms with van der Waals surface area (Å²) in [6.07, 6.45) is 3.74. The highest BCUT2D eigenvalue weighted by molar-refractivity contribution is 7.87. The molecule has 24 heavy (non-hydrogen) atoms. The van der Waals surface area contributed by atoms with Crippen LogP contribution in [0.25, 0.3) is 0 Å². The molecule has 0 aliphatic heterocycles. The molecule has 9 heteroatoms. The SMILES string of the molecule is CCN(CCC#N)S(=O)(=O)NC1CC(N(CC(=O)O)CC2CC2)C1. The van der Waals surface area contributed by atoms with E-state index >= 15 is 0 Å². The van der Waals surface area contributed by atoms with Crippen LogP contribution < -0.4 is 4.72 Å². The molecule has 136 valence electrons. The van der Waals surface area contributed by atoms with Crippen molar-refractivity contribution in [2.24, 2.45) is 5.92 Å². The van der Waals surface area contributed by atoms with Gasteiger partial charge in [0, 0.05) is 38.1 Å². The van der Waals surface area contributed by atoms with E-state index in [9.17, 15) is 13.2 Å². The van der Waals surface area contributed by atoms with Gasteiger partial charge in [0.05, 0.1) is 12.6 Å². The summed E-state index contributed by atoms with van der Waals surface area (Å²) in [7, 11) is -3.59. The number of nitrogens with one attached hydrogen (secondary N) is 1. The van der Waals surface area contributed by atoms with Crippen LogP contribution >= 0.6 is 0 Å². The summed E-state index contributed by atoms with van der Waals surface area (Å²) in [6.45, 7) is 3.05. The molecule has 0 atom stereocenters. The smallest absolute Gasteiger partial charge is 0.317 e. The van der Waals surface area contributed by atoms with Gasteiger partial charge in [-0.15, -0.1) is 0 Å². The Balaban J connectivity index is 1.83. The Kier molecular flexibility index (Phi) is 6.57. The van der Waals surface area contributed by atoms with Crippen LogP contribution in [0, 0.1) is 17.2 Å². The number of nitriles is 1. The maximum absolute atomic E-state index is 12.3. The zero-order valence-corrected chi connectivity index (χ0v) is 14.8. The molecule has 0 bridgehead atoms. The van der Waals surface area contributed by atoms with Crippen LogP contribution in [-0.2, 0) is 15.0 Å². The van der Waals surface area contributed by atoms with Crippen LogP contribution in [-0.4, -0.2) is 67.0 Å². The molecule has 0 amide bonds. The van der Waals surface area contributed by atoms with Gasteiger partial charge in [0.15, 0.2) is 0 Å². The Labute approximate surface area is 143 Å². The largest absolute Gasteiger partial charge is 0.480 e. The van der Waals surface area contributed by atoms with Gasteiger partial charge < -0.3 is 5.11 Å². The van der Waals surface area contributed by atoms with Gasteiger partial charge >= 0.3 is 5.97 Å². The van der Waals surface area contributed by atoms with Crippen LogP contribution in [0.1, 0.15) is 39.0 Å². The Hall–Kier alpha value is -1.21. The lowest BCUT2D eigenvalue weighted by atomic mass is 9.86. The molecule has 0 spiro atoms. The number of carboxylic acid groups (broad SMARTS) is 1. The van der Waals surface area contributed by atoms with Crippen LogP contribution in [0.15, 0.2) is 0 Å². The molecule has 8 nitrogen and oxygen atoms in total. The highest BCUT2D eigenvalue weighted by Gasteiger charge is 2.39. The average molecular weight is 358 g/mol. The summed E-state index contributed by atoms with van der Waals surface area (Å²) < 4.78 is 28.6. The molecule has 2 fully saturated rings. The van der Waals surface area contributed by atoms with Crippen LogP contribution in [0.2, 0.25) is 0 Å². The van der Waals surface area contributed by atoms with Crippen LogP contribution in [0.3, 0.4) is 0 Å². The molecule has 0 radical (unpaired) electrons. The standard InChI is InChI=1S/C15H26N4O4S/c1-2-19(7-3-6-16)24(22,23)17-13-8-14(9-13)18(11-15(20)21)10-12-4-5-12/h12-14,17H,2-5,7-11H2,1H3,(H,20,21). The van der Waals surface area contributed by atoms with Crippen molar-refractivity contribution >= 4 is 16.2 Å². The number of hydrogen-bond donors (Lipinski definition) is 2. The summed E-state index contributed by atoms with van der Waals surface area (Å²) in [4.78, 5) is 13.0. The first kappa shape index (κ1) is 19.1. The lowest BCUT2D eigenvalue weighted by Gasteiger charge is -2.43. The maximum atomic E-state index is 12.3. The highest BCUT2D eigenvalue weighted by Crippen LogP contribution is 2.34. The summed E-state index contributed by atoms with van der Waals surface area (Å²) in [5.74, 6) is -0.241. The van der Waals surface area contributed by atoms with E-state index in [-0.39, 0.29) is 31.6 Å². The van der Waals surface area contributed by atoms with Crippen molar-refractivity contribution in [3.8, 4) is 6.07 Å². The third kappa shape index (κ3) is 5.41. The van der Waals surface area contributed by atoms with E-state index in [1.165, 1.54) is 4.31 Å². The molecule has 2 N–H and O–H groups in total. The summed E-state index contributed by atoms with van der Waals surface area (Å²) >= 11 is 0. The first-order valence-electron chi connectivity index (χ1n) is 8.46. The molecule has 0 aromatic heterocycles. The average Bonchev–Trinajstić information content (AvgIpc) is 3.26. The maximum Gasteiger partial charge on any atom is 0.317 e. The van der Waals surface area contributed by atoms with E-state index < -0.39 is 16.2 Å². The Bertz CT molecular complexity index is 579. The van der Waals surface area contributed by atoms with E-state index in [1.54, 1.807) is 6.92 Å². The molecule has 2 rings (SSSR count). The van der Waals surface area contributed by atoms with E-state index in [1.807, 2.05) is 11.0 Å². The minimum absolute atomic E-state index is 0.0177. The summed E-state index contributed by atoms with van der Waals surface area (Å²) in [5, 5.41) is 17.7. The second-order valence-electron chi connectivity index (χ2n) is 6.61.